The Kier molecular flexibility index (Phi) is 2.80. The van der Waals surface area contributed by atoms with E-state index < -0.39 is 5.72 Å². The van der Waals surface area contributed by atoms with Gasteiger partial charge in [0.1, 0.15) is 0 Å². The molecule has 1 aromatic carbocycles. The number of ether oxygens (including phenoxy) is 2. The van der Waals surface area contributed by atoms with Crippen LogP contribution in [0, 0.1) is 5.92 Å². The first-order valence-corrected chi connectivity index (χ1v) is 6.88. The Balaban J connectivity index is 2.20. The summed E-state index contributed by atoms with van der Waals surface area (Å²) in [5.74, 6) is 1.57. The SMILES string of the molecule is COc1cc(Cl)cc2c1OC1(C)NC(=S)NC2C1C. The van der Waals surface area contributed by atoms with E-state index >= 15 is 0 Å². The van der Waals surface area contributed by atoms with E-state index in [1.807, 2.05) is 13.0 Å². The van der Waals surface area contributed by atoms with Gasteiger partial charge in [-0.25, -0.2) is 0 Å². The van der Waals surface area contributed by atoms with Crippen molar-refractivity contribution < 1.29 is 9.47 Å². The number of rotatable bonds is 1. The topological polar surface area (TPSA) is 42.5 Å². The van der Waals surface area contributed by atoms with Crippen molar-refractivity contribution >= 4 is 28.9 Å². The monoisotopic (exact) mass is 298 g/mol. The summed E-state index contributed by atoms with van der Waals surface area (Å²) in [5.41, 5.74) is 0.444. The number of hydrogen-bond donors (Lipinski definition) is 2. The molecule has 0 amide bonds. The molecular formula is C13H15ClN2O2S. The number of methoxy groups -OCH3 is 1. The predicted octanol–water partition coefficient (Wildman–Crippen LogP) is 2.61. The molecule has 19 heavy (non-hydrogen) atoms. The largest absolute Gasteiger partial charge is 0.493 e. The molecule has 102 valence electrons. The molecule has 0 radical (unpaired) electrons. The highest BCUT2D eigenvalue weighted by Crippen LogP contribution is 2.49. The average Bonchev–Trinajstić information content (AvgIpc) is 2.33. The van der Waals surface area contributed by atoms with Gasteiger partial charge >= 0.3 is 0 Å². The van der Waals surface area contributed by atoms with E-state index in [1.54, 1.807) is 13.2 Å². The molecule has 2 heterocycles. The zero-order chi connectivity index (χ0) is 13.8. The van der Waals surface area contributed by atoms with Gasteiger partial charge in [0.15, 0.2) is 22.3 Å². The van der Waals surface area contributed by atoms with Crippen LogP contribution in [0.4, 0.5) is 0 Å². The van der Waals surface area contributed by atoms with Crippen LogP contribution in [0.3, 0.4) is 0 Å². The maximum Gasteiger partial charge on any atom is 0.184 e. The summed E-state index contributed by atoms with van der Waals surface area (Å²) >= 11 is 11.4. The van der Waals surface area contributed by atoms with Crippen LogP contribution >= 0.6 is 23.8 Å². The third-order valence-corrected chi connectivity index (χ3v) is 4.37. The number of benzene rings is 1. The molecule has 3 atom stereocenters. The second-order valence-electron chi connectivity index (χ2n) is 5.10. The first kappa shape index (κ1) is 12.8. The first-order chi connectivity index (χ1) is 8.94. The third kappa shape index (κ3) is 1.83. The summed E-state index contributed by atoms with van der Waals surface area (Å²) in [5, 5.41) is 7.69. The van der Waals surface area contributed by atoms with Crippen molar-refractivity contribution in [2.75, 3.05) is 7.11 Å². The lowest BCUT2D eigenvalue weighted by Gasteiger charge is -2.50. The Labute approximate surface area is 122 Å². The smallest absolute Gasteiger partial charge is 0.184 e. The number of halogens is 1. The van der Waals surface area contributed by atoms with E-state index in [-0.39, 0.29) is 12.0 Å². The number of fused-ring (bicyclic) bond motifs is 4. The van der Waals surface area contributed by atoms with Gasteiger partial charge in [0.05, 0.1) is 13.2 Å². The molecule has 2 aliphatic heterocycles. The summed E-state index contributed by atoms with van der Waals surface area (Å²) in [4.78, 5) is 0. The van der Waals surface area contributed by atoms with Gasteiger partial charge in [0.2, 0.25) is 0 Å². The van der Waals surface area contributed by atoms with Crippen molar-refractivity contribution in [2.45, 2.75) is 25.6 Å². The highest BCUT2D eigenvalue weighted by Gasteiger charge is 2.49. The molecule has 3 rings (SSSR count). The minimum atomic E-state index is -0.541. The van der Waals surface area contributed by atoms with Gasteiger partial charge < -0.3 is 20.1 Å². The summed E-state index contributed by atoms with van der Waals surface area (Å²) in [6.45, 7) is 4.11. The minimum absolute atomic E-state index is 0.0649. The summed E-state index contributed by atoms with van der Waals surface area (Å²) in [6, 6.07) is 3.73. The van der Waals surface area contributed by atoms with Crippen LogP contribution in [0.15, 0.2) is 12.1 Å². The zero-order valence-corrected chi connectivity index (χ0v) is 12.5. The van der Waals surface area contributed by atoms with Crippen LogP contribution in [0.2, 0.25) is 5.02 Å². The Hall–Kier alpha value is -1.20. The highest BCUT2D eigenvalue weighted by atomic mass is 35.5. The summed E-state index contributed by atoms with van der Waals surface area (Å²) < 4.78 is 11.5. The second kappa shape index (κ2) is 4.15. The van der Waals surface area contributed by atoms with Crippen molar-refractivity contribution in [2.24, 2.45) is 5.92 Å². The van der Waals surface area contributed by atoms with E-state index in [9.17, 15) is 0 Å². The number of thiocarbonyl (C=S) groups is 1. The zero-order valence-electron chi connectivity index (χ0n) is 10.9. The van der Waals surface area contributed by atoms with Gasteiger partial charge in [-0.2, -0.15) is 0 Å². The van der Waals surface area contributed by atoms with Crippen LogP contribution in [0.1, 0.15) is 25.5 Å². The Morgan fingerprint density at radius 3 is 2.89 bits per heavy atom. The standard InChI is InChI=1S/C13H15ClN2O2S/c1-6-10-8-4-7(14)5-9(17-3)11(8)18-13(6,2)16-12(19)15-10/h4-6,10H,1-3H3,(H2,15,16,19). The molecule has 1 saturated heterocycles. The summed E-state index contributed by atoms with van der Waals surface area (Å²) in [7, 11) is 1.61. The molecule has 6 heteroatoms. The van der Waals surface area contributed by atoms with Crippen molar-refractivity contribution in [1.29, 1.82) is 0 Å². The number of hydrogen-bond acceptors (Lipinski definition) is 3. The van der Waals surface area contributed by atoms with Crippen LogP contribution < -0.4 is 20.1 Å². The third-order valence-electron chi connectivity index (χ3n) is 3.93. The molecule has 4 nitrogen and oxygen atoms in total. The van der Waals surface area contributed by atoms with Crippen molar-refractivity contribution in [3.05, 3.63) is 22.7 Å². The van der Waals surface area contributed by atoms with Gasteiger partial charge in [0.25, 0.3) is 0 Å². The van der Waals surface area contributed by atoms with E-state index in [1.165, 1.54) is 0 Å². The Morgan fingerprint density at radius 2 is 2.21 bits per heavy atom. The lowest BCUT2D eigenvalue weighted by Crippen LogP contribution is -2.67. The average molecular weight is 299 g/mol. The van der Waals surface area contributed by atoms with Gasteiger partial charge in [-0.3, -0.25) is 0 Å². The van der Waals surface area contributed by atoms with Gasteiger partial charge in [-0.1, -0.05) is 18.5 Å². The van der Waals surface area contributed by atoms with Gasteiger partial charge in [-0.15, -0.1) is 0 Å². The Bertz CT molecular complexity index is 566. The fourth-order valence-corrected chi connectivity index (χ4v) is 3.26. The van der Waals surface area contributed by atoms with Crippen LogP contribution in [-0.2, 0) is 0 Å². The van der Waals surface area contributed by atoms with Crippen molar-refractivity contribution in [1.82, 2.24) is 10.6 Å². The highest BCUT2D eigenvalue weighted by molar-refractivity contribution is 7.80. The molecule has 1 fully saturated rings. The van der Waals surface area contributed by atoms with E-state index in [2.05, 4.69) is 17.6 Å². The molecule has 2 bridgehead atoms. The summed E-state index contributed by atoms with van der Waals surface area (Å²) in [6.07, 6.45) is 0. The fraction of sp³-hybridized carbons (Fsp3) is 0.462. The normalized spacial score (nSPS) is 31.7. The molecular weight excluding hydrogens is 284 g/mol. The van der Waals surface area contributed by atoms with Crippen LogP contribution in [0.5, 0.6) is 11.5 Å². The van der Waals surface area contributed by atoms with E-state index in [0.29, 0.717) is 15.9 Å². The number of nitrogens with one attached hydrogen (secondary N) is 2. The van der Waals surface area contributed by atoms with E-state index in [4.69, 9.17) is 33.3 Å². The van der Waals surface area contributed by atoms with Crippen LogP contribution in [-0.4, -0.2) is 17.9 Å². The first-order valence-electron chi connectivity index (χ1n) is 6.10. The molecule has 3 unspecified atom stereocenters. The molecule has 0 saturated carbocycles. The van der Waals surface area contributed by atoms with E-state index in [0.717, 1.165) is 11.3 Å². The second-order valence-corrected chi connectivity index (χ2v) is 5.95. The molecule has 0 aromatic heterocycles. The van der Waals surface area contributed by atoms with Crippen molar-refractivity contribution in [3.8, 4) is 11.5 Å². The molecule has 1 aromatic rings. The van der Waals surface area contributed by atoms with Gasteiger partial charge in [0, 0.05) is 22.6 Å². The van der Waals surface area contributed by atoms with Crippen molar-refractivity contribution in [3.63, 3.8) is 0 Å². The predicted molar refractivity (Wildman–Crippen MR) is 77.8 cm³/mol. The van der Waals surface area contributed by atoms with Gasteiger partial charge in [-0.05, 0) is 25.2 Å². The maximum atomic E-state index is 6.14. The lowest BCUT2D eigenvalue weighted by molar-refractivity contribution is -0.0282. The lowest BCUT2D eigenvalue weighted by atomic mass is 9.82. The molecule has 2 aliphatic rings. The molecule has 2 N–H and O–H groups in total. The minimum Gasteiger partial charge on any atom is -0.493 e. The molecule has 0 aliphatic carbocycles. The fourth-order valence-electron chi connectivity index (χ4n) is 2.72. The Morgan fingerprint density at radius 1 is 1.47 bits per heavy atom. The maximum absolute atomic E-state index is 6.14. The van der Waals surface area contributed by atoms with Crippen LogP contribution in [0.25, 0.3) is 0 Å². The molecule has 0 spiro atoms. The quantitative estimate of drug-likeness (QED) is 0.780.